The number of rotatable bonds is 5. The third-order valence-corrected chi connectivity index (χ3v) is 2.56. The molecule has 0 saturated heterocycles. The average molecular weight is 195 g/mol. The van der Waals surface area contributed by atoms with E-state index in [0.717, 1.165) is 12.0 Å². The Morgan fingerprint density at radius 1 is 1.43 bits per heavy atom. The summed E-state index contributed by atoms with van der Waals surface area (Å²) in [6.07, 6.45) is 6.40. The van der Waals surface area contributed by atoms with Crippen molar-refractivity contribution in [3.63, 3.8) is 0 Å². The predicted octanol–water partition coefficient (Wildman–Crippen LogP) is 3.90. The van der Waals surface area contributed by atoms with Gasteiger partial charge in [0.15, 0.2) is 0 Å². The van der Waals surface area contributed by atoms with Crippen LogP contribution in [0.3, 0.4) is 0 Å². The summed E-state index contributed by atoms with van der Waals surface area (Å²) in [5.41, 5.74) is 1.06. The van der Waals surface area contributed by atoms with Crippen LogP contribution in [0.25, 0.3) is 0 Å². The molecule has 1 aromatic heterocycles. The number of hydrogen-bond acceptors (Lipinski definition) is 1. The summed E-state index contributed by atoms with van der Waals surface area (Å²) in [7, 11) is 0. The number of pyridine rings is 1. The molecule has 1 nitrogen and oxygen atoms in total. The maximum absolute atomic E-state index is 12.8. The van der Waals surface area contributed by atoms with E-state index in [-0.39, 0.29) is 5.95 Å². The molecule has 1 atom stereocenters. The van der Waals surface area contributed by atoms with Gasteiger partial charge in [0.25, 0.3) is 0 Å². The van der Waals surface area contributed by atoms with Crippen molar-refractivity contribution in [1.29, 1.82) is 0 Å². The lowest BCUT2D eigenvalue weighted by atomic mass is 9.96. The topological polar surface area (TPSA) is 12.9 Å². The van der Waals surface area contributed by atoms with Crippen molar-refractivity contribution < 1.29 is 4.39 Å². The molecule has 1 aromatic rings. The van der Waals surface area contributed by atoms with Gasteiger partial charge >= 0.3 is 0 Å². The first-order valence-corrected chi connectivity index (χ1v) is 5.35. The third-order valence-electron chi connectivity index (χ3n) is 2.56. The Kier molecular flexibility index (Phi) is 4.57. The second-order valence-electron chi connectivity index (χ2n) is 3.81. The number of aromatic nitrogens is 1. The Morgan fingerprint density at radius 2 is 2.21 bits per heavy atom. The molecule has 0 N–H and O–H groups in total. The molecule has 0 aliphatic rings. The standard InChI is InChI=1S/C12H18FN/c1-3-4-5-6-10(2)11-7-8-14-12(13)9-11/h7-10H,3-6H2,1-2H3. The van der Waals surface area contributed by atoms with E-state index < -0.39 is 0 Å². The summed E-state index contributed by atoms with van der Waals surface area (Å²) in [5, 5.41) is 0. The van der Waals surface area contributed by atoms with Crippen LogP contribution in [-0.2, 0) is 0 Å². The highest BCUT2D eigenvalue weighted by Gasteiger charge is 2.05. The molecule has 2 heteroatoms. The lowest BCUT2D eigenvalue weighted by molar-refractivity contribution is 0.565. The summed E-state index contributed by atoms with van der Waals surface area (Å²) >= 11 is 0. The van der Waals surface area contributed by atoms with E-state index in [1.54, 1.807) is 6.20 Å². The largest absolute Gasteiger partial charge is 0.228 e. The van der Waals surface area contributed by atoms with Gasteiger partial charge in [-0.15, -0.1) is 0 Å². The monoisotopic (exact) mass is 195 g/mol. The van der Waals surface area contributed by atoms with Crippen molar-refractivity contribution in [2.75, 3.05) is 0 Å². The normalized spacial score (nSPS) is 12.8. The van der Waals surface area contributed by atoms with Crippen molar-refractivity contribution in [3.8, 4) is 0 Å². The third kappa shape index (κ3) is 3.44. The molecule has 14 heavy (non-hydrogen) atoms. The van der Waals surface area contributed by atoms with Gasteiger partial charge in [0.2, 0.25) is 5.95 Å². The second kappa shape index (κ2) is 5.74. The summed E-state index contributed by atoms with van der Waals surface area (Å²) in [4.78, 5) is 3.55. The van der Waals surface area contributed by atoms with E-state index in [4.69, 9.17) is 0 Å². The van der Waals surface area contributed by atoms with Crippen LogP contribution in [0.4, 0.5) is 4.39 Å². The fourth-order valence-electron chi connectivity index (χ4n) is 1.59. The zero-order valence-electron chi connectivity index (χ0n) is 8.96. The van der Waals surface area contributed by atoms with E-state index in [0.29, 0.717) is 5.92 Å². The smallest absolute Gasteiger partial charge is 0.213 e. The molecule has 0 bridgehead atoms. The minimum Gasteiger partial charge on any atom is -0.228 e. The Labute approximate surface area is 85.4 Å². The van der Waals surface area contributed by atoms with Crippen molar-refractivity contribution in [1.82, 2.24) is 4.98 Å². The van der Waals surface area contributed by atoms with Crippen molar-refractivity contribution in [2.24, 2.45) is 0 Å². The van der Waals surface area contributed by atoms with Crippen LogP contribution >= 0.6 is 0 Å². The van der Waals surface area contributed by atoms with Gasteiger partial charge in [-0.05, 0) is 30.0 Å². The van der Waals surface area contributed by atoms with Crippen LogP contribution in [0.5, 0.6) is 0 Å². The van der Waals surface area contributed by atoms with Crippen LogP contribution in [0.15, 0.2) is 18.3 Å². The number of hydrogen-bond donors (Lipinski definition) is 0. The highest BCUT2D eigenvalue weighted by molar-refractivity contribution is 5.15. The predicted molar refractivity (Wildman–Crippen MR) is 56.8 cm³/mol. The number of nitrogens with zero attached hydrogens (tertiary/aromatic N) is 1. The summed E-state index contributed by atoms with van der Waals surface area (Å²) in [5.74, 6) is 0.0730. The molecule has 0 amide bonds. The first-order chi connectivity index (χ1) is 6.74. The maximum atomic E-state index is 12.8. The van der Waals surface area contributed by atoms with Gasteiger partial charge in [-0.3, -0.25) is 0 Å². The Bertz CT molecular complexity index is 273. The van der Waals surface area contributed by atoms with Crippen LogP contribution < -0.4 is 0 Å². The van der Waals surface area contributed by atoms with Gasteiger partial charge < -0.3 is 0 Å². The van der Waals surface area contributed by atoms with Gasteiger partial charge in [-0.25, -0.2) is 4.98 Å². The zero-order chi connectivity index (χ0) is 10.4. The molecule has 0 aliphatic carbocycles. The summed E-state index contributed by atoms with van der Waals surface area (Å²) < 4.78 is 12.8. The lowest BCUT2D eigenvalue weighted by Crippen LogP contribution is -1.95. The molecule has 0 saturated carbocycles. The Hall–Kier alpha value is -0.920. The molecule has 0 fully saturated rings. The highest BCUT2D eigenvalue weighted by atomic mass is 19.1. The van der Waals surface area contributed by atoms with Gasteiger partial charge in [-0.2, -0.15) is 4.39 Å². The van der Waals surface area contributed by atoms with Crippen LogP contribution in [0.1, 0.15) is 51.0 Å². The zero-order valence-corrected chi connectivity index (χ0v) is 8.96. The Morgan fingerprint density at radius 3 is 2.86 bits per heavy atom. The number of unbranched alkanes of at least 4 members (excludes halogenated alkanes) is 2. The van der Waals surface area contributed by atoms with Crippen LogP contribution in [0.2, 0.25) is 0 Å². The first kappa shape index (κ1) is 11.2. The fourth-order valence-corrected chi connectivity index (χ4v) is 1.59. The molecule has 1 unspecified atom stereocenters. The lowest BCUT2D eigenvalue weighted by Gasteiger charge is -2.10. The summed E-state index contributed by atoms with van der Waals surface area (Å²) in [6, 6.07) is 3.44. The molecular weight excluding hydrogens is 177 g/mol. The van der Waals surface area contributed by atoms with E-state index in [1.807, 2.05) is 6.07 Å². The van der Waals surface area contributed by atoms with E-state index in [1.165, 1.54) is 25.3 Å². The number of halogens is 1. The SMILES string of the molecule is CCCCCC(C)c1ccnc(F)c1. The first-order valence-electron chi connectivity index (χ1n) is 5.35. The van der Waals surface area contributed by atoms with Crippen LogP contribution in [-0.4, -0.2) is 4.98 Å². The van der Waals surface area contributed by atoms with Gasteiger partial charge in [0.05, 0.1) is 0 Å². The Balaban J connectivity index is 2.47. The van der Waals surface area contributed by atoms with Gasteiger partial charge in [-0.1, -0.05) is 33.1 Å². The molecule has 0 aromatic carbocycles. The molecule has 78 valence electrons. The van der Waals surface area contributed by atoms with Crippen LogP contribution in [0, 0.1) is 5.95 Å². The van der Waals surface area contributed by atoms with Crippen molar-refractivity contribution in [2.45, 2.75) is 45.4 Å². The molecule has 0 radical (unpaired) electrons. The molecule has 1 heterocycles. The van der Waals surface area contributed by atoms with Crippen molar-refractivity contribution >= 4 is 0 Å². The minimum atomic E-state index is -0.371. The van der Waals surface area contributed by atoms with E-state index in [9.17, 15) is 4.39 Å². The maximum Gasteiger partial charge on any atom is 0.213 e. The highest BCUT2D eigenvalue weighted by Crippen LogP contribution is 2.21. The molecule has 1 rings (SSSR count). The molecule has 0 spiro atoms. The molecule has 0 aliphatic heterocycles. The molecular formula is C12H18FN. The average Bonchev–Trinajstić information content (AvgIpc) is 2.18. The quantitative estimate of drug-likeness (QED) is 0.513. The minimum absolute atomic E-state index is 0.371. The summed E-state index contributed by atoms with van der Waals surface area (Å²) in [6.45, 7) is 4.33. The fraction of sp³-hybridized carbons (Fsp3) is 0.583. The van der Waals surface area contributed by atoms with E-state index in [2.05, 4.69) is 18.8 Å². The van der Waals surface area contributed by atoms with E-state index >= 15 is 0 Å². The van der Waals surface area contributed by atoms with Gasteiger partial charge in [0, 0.05) is 6.20 Å². The van der Waals surface area contributed by atoms with Gasteiger partial charge in [0.1, 0.15) is 0 Å². The van der Waals surface area contributed by atoms with Crippen molar-refractivity contribution in [3.05, 3.63) is 29.8 Å². The second-order valence-corrected chi connectivity index (χ2v) is 3.81.